The molecule has 1 unspecified atom stereocenters. The Morgan fingerprint density at radius 3 is 2.72 bits per heavy atom. The summed E-state index contributed by atoms with van der Waals surface area (Å²) in [5.74, 6) is 0.939. The van der Waals surface area contributed by atoms with Crippen molar-refractivity contribution in [1.29, 1.82) is 0 Å². The van der Waals surface area contributed by atoms with Gasteiger partial charge in [-0.2, -0.15) is 0 Å². The predicted molar refractivity (Wildman–Crippen MR) is 71.4 cm³/mol. The van der Waals surface area contributed by atoms with E-state index in [1.165, 1.54) is 0 Å². The zero-order valence-corrected chi connectivity index (χ0v) is 12.1. The minimum absolute atomic E-state index is 0.0776. The second-order valence-corrected chi connectivity index (χ2v) is 5.55. The summed E-state index contributed by atoms with van der Waals surface area (Å²) in [6.45, 7) is 10.3. The van der Waals surface area contributed by atoms with Gasteiger partial charge in [0, 0.05) is 18.2 Å². The smallest absolute Gasteiger partial charge is 0.123 e. The number of rotatable bonds is 7. The Hall–Kier alpha value is -0.840. The number of furan rings is 1. The molecule has 0 fully saturated rings. The van der Waals surface area contributed by atoms with Crippen molar-refractivity contribution in [1.82, 2.24) is 5.32 Å². The first-order valence-electron chi connectivity index (χ1n) is 6.33. The maximum atomic E-state index is 5.69. The third kappa shape index (κ3) is 5.67. The number of hydrogen-bond donors (Lipinski definition) is 1. The highest BCUT2D eigenvalue weighted by molar-refractivity contribution is 5.16. The Kier molecular flexibility index (Phi) is 5.85. The number of ether oxygens (including phenoxy) is 2. The molecule has 1 N–H and O–H groups in total. The maximum absolute atomic E-state index is 5.69. The summed E-state index contributed by atoms with van der Waals surface area (Å²) < 4.78 is 16.2. The van der Waals surface area contributed by atoms with Gasteiger partial charge < -0.3 is 19.2 Å². The summed E-state index contributed by atoms with van der Waals surface area (Å²) in [4.78, 5) is 0. The van der Waals surface area contributed by atoms with Gasteiger partial charge in [-0.25, -0.2) is 0 Å². The molecule has 0 bridgehead atoms. The quantitative estimate of drug-likeness (QED) is 0.813. The van der Waals surface area contributed by atoms with Crippen molar-refractivity contribution in [2.24, 2.45) is 0 Å². The van der Waals surface area contributed by atoms with Crippen molar-refractivity contribution in [3.8, 4) is 0 Å². The molecule has 1 aromatic rings. The highest BCUT2D eigenvalue weighted by Gasteiger charge is 2.13. The topological polar surface area (TPSA) is 43.6 Å². The molecule has 104 valence electrons. The third-order valence-corrected chi connectivity index (χ3v) is 2.54. The number of hydrogen-bond acceptors (Lipinski definition) is 4. The van der Waals surface area contributed by atoms with E-state index in [2.05, 4.69) is 26.1 Å². The Morgan fingerprint density at radius 2 is 2.11 bits per heavy atom. The number of methoxy groups -OCH3 is 1. The van der Waals surface area contributed by atoms with Gasteiger partial charge in [0.15, 0.2) is 0 Å². The van der Waals surface area contributed by atoms with Crippen LogP contribution in [0.4, 0.5) is 0 Å². The summed E-state index contributed by atoms with van der Waals surface area (Å²) in [6.07, 6.45) is 1.80. The van der Waals surface area contributed by atoms with Crippen LogP contribution in [-0.2, 0) is 22.6 Å². The zero-order valence-electron chi connectivity index (χ0n) is 12.1. The van der Waals surface area contributed by atoms with Crippen molar-refractivity contribution in [2.45, 2.75) is 52.5 Å². The van der Waals surface area contributed by atoms with Gasteiger partial charge in [-0.15, -0.1) is 0 Å². The highest BCUT2D eigenvalue weighted by Crippen LogP contribution is 2.14. The average molecular weight is 255 g/mol. The van der Waals surface area contributed by atoms with Gasteiger partial charge in [-0.1, -0.05) is 0 Å². The van der Waals surface area contributed by atoms with Crippen molar-refractivity contribution < 1.29 is 13.9 Å². The normalized spacial score (nSPS) is 13.8. The fourth-order valence-corrected chi connectivity index (χ4v) is 1.51. The third-order valence-electron chi connectivity index (χ3n) is 2.54. The maximum Gasteiger partial charge on any atom is 0.123 e. The van der Waals surface area contributed by atoms with Crippen LogP contribution in [0.15, 0.2) is 16.7 Å². The lowest BCUT2D eigenvalue weighted by Crippen LogP contribution is -2.35. The van der Waals surface area contributed by atoms with Crippen LogP contribution in [0.5, 0.6) is 0 Å². The zero-order chi connectivity index (χ0) is 13.6. The summed E-state index contributed by atoms with van der Waals surface area (Å²) in [5, 5.41) is 3.40. The van der Waals surface area contributed by atoms with Crippen LogP contribution in [0.25, 0.3) is 0 Å². The molecule has 0 aliphatic heterocycles. The standard InChI is InChI=1S/C14H25NO3/c1-11(9-16-5)18-10-12-6-7-17-13(12)8-15-14(2,3)4/h6-7,11,15H,8-10H2,1-5H3. The first-order chi connectivity index (χ1) is 8.42. The molecule has 0 saturated carbocycles. The lowest BCUT2D eigenvalue weighted by atomic mass is 10.1. The summed E-state index contributed by atoms with van der Waals surface area (Å²) >= 11 is 0. The number of nitrogens with one attached hydrogen (secondary N) is 1. The molecule has 1 aromatic heterocycles. The second kappa shape index (κ2) is 6.92. The molecule has 0 aliphatic carbocycles. The van der Waals surface area contributed by atoms with Crippen LogP contribution in [-0.4, -0.2) is 25.4 Å². The molecule has 4 nitrogen and oxygen atoms in total. The van der Waals surface area contributed by atoms with E-state index in [4.69, 9.17) is 13.9 Å². The molecule has 1 atom stereocenters. The molecule has 1 heterocycles. The molecular formula is C14H25NO3. The van der Waals surface area contributed by atoms with Crippen LogP contribution >= 0.6 is 0 Å². The molecule has 1 rings (SSSR count). The van der Waals surface area contributed by atoms with Crippen molar-refractivity contribution in [3.05, 3.63) is 23.7 Å². The molecule has 0 spiro atoms. The molecule has 4 heteroatoms. The SMILES string of the molecule is COCC(C)OCc1ccoc1CNC(C)(C)C. The monoisotopic (exact) mass is 255 g/mol. The summed E-state index contributed by atoms with van der Waals surface area (Å²) in [7, 11) is 1.68. The van der Waals surface area contributed by atoms with Gasteiger partial charge >= 0.3 is 0 Å². The average Bonchev–Trinajstić information content (AvgIpc) is 2.70. The van der Waals surface area contributed by atoms with Crippen LogP contribution in [0, 0.1) is 0 Å². The van der Waals surface area contributed by atoms with Crippen LogP contribution in [0.2, 0.25) is 0 Å². The first kappa shape index (κ1) is 15.2. The first-order valence-corrected chi connectivity index (χ1v) is 6.33. The Bertz CT molecular complexity index is 341. The fraction of sp³-hybridized carbons (Fsp3) is 0.714. The van der Waals surface area contributed by atoms with Gasteiger partial charge in [-0.3, -0.25) is 0 Å². The lowest BCUT2D eigenvalue weighted by Gasteiger charge is -2.20. The van der Waals surface area contributed by atoms with E-state index in [9.17, 15) is 0 Å². The molecule has 0 amide bonds. The van der Waals surface area contributed by atoms with Crippen molar-refractivity contribution in [2.75, 3.05) is 13.7 Å². The largest absolute Gasteiger partial charge is 0.468 e. The van der Waals surface area contributed by atoms with E-state index in [0.717, 1.165) is 11.3 Å². The predicted octanol–water partition coefficient (Wildman–Crippen LogP) is 2.72. The summed E-state index contributed by atoms with van der Waals surface area (Å²) in [5.41, 5.74) is 1.17. The van der Waals surface area contributed by atoms with Crippen molar-refractivity contribution >= 4 is 0 Å². The molecule has 0 aromatic carbocycles. The highest BCUT2D eigenvalue weighted by atomic mass is 16.5. The second-order valence-electron chi connectivity index (χ2n) is 5.55. The van der Waals surface area contributed by atoms with Gasteiger partial charge in [0.2, 0.25) is 0 Å². The van der Waals surface area contributed by atoms with Gasteiger partial charge in [0.1, 0.15) is 5.76 Å². The minimum atomic E-state index is 0.0776. The lowest BCUT2D eigenvalue weighted by molar-refractivity contribution is -0.000666. The van der Waals surface area contributed by atoms with Gasteiger partial charge in [0.05, 0.1) is 32.1 Å². The van der Waals surface area contributed by atoms with E-state index in [-0.39, 0.29) is 11.6 Å². The van der Waals surface area contributed by atoms with Gasteiger partial charge in [0.25, 0.3) is 0 Å². The molecular weight excluding hydrogens is 230 g/mol. The minimum Gasteiger partial charge on any atom is -0.468 e. The van der Waals surface area contributed by atoms with Crippen LogP contribution in [0.3, 0.4) is 0 Å². The van der Waals surface area contributed by atoms with Crippen LogP contribution < -0.4 is 5.32 Å². The van der Waals surface area contributed by atoms with E-state index in [0.29, 0.717) is 19.8 Å². The van der Waals surface area contributed by atoms with Crippen LogP contribution in [0.1, 0.15) is 39.0 Å². The Balaban J connectivity index is 2.44. The van der Waals surface area contributed by atoms with Gasteiger partial charge in [-0.05, 0) is 33.8 Å². The Morgan fingerprint density at radius 1 is 1.39 bits per heavy atom. The van der Waals surface area contributed by atoms with E-state index in [1.54, 1.807) is 13.4 Å². The van der Waals surface area contributed by atoms with Crippen molar-refractivity contribution in [3.63, 3.8) is 0 Å². The van der Waals surface area contributed by atoms with E-state index < -0.39 is 0 Å². The van der Waals surface area contributed by atoms with E-state index >= 15 is 0 Å². The molecule has 0 radical (unpaired) electrons. The Labute approximate surface area is 110 Å². The molecule has 18 heavy (non-hydrogen) atoms. The van der Waals surface area contributed by atoms with E-state index in [1.807, 2.05) is 13.0 Å². The molecule has 0 aliphatic rings. The fourth-order valence-electron chi connectivity index (χ4n) is 1.51. The molecule has 0 saturated heterocycles. The summed E-state index contributed by atoms with van der Waals surface area (Å²) in [6, 6.07) is 1.96.